The standard InChI is InChI=1S/C17H27FN4.HI/c1-2-19-17(20-10-5-13-22-11-3-4-12-22)21-14-15-6-8-16(18)9-7-15;/h6-9H,2-5,10-14H2,1H3,(H2,19,20,21);1H. The van der Waals surface area contributed by atoms with Gasteiger partial charge in [0.05, 0.1) is 6.54 Å². The van der Waals surface area contributed by atoms with E-state index in [0.717, 1.165) is 37.6 Å². The average Bonchev–Trinajstić information content (AvgIpc) is 3.04. The summed E-state index contributed by atoms with van der Waals surface area (Å²) in [6, 6.07) is 6.49. The Hall–Kier alpha value is -0.890. The van der Waals surface area contributed by atoms with Crippen molar-refractivity contribution in [3.63, 3.8) is 0 Å². The fourth-order valence-electron chi connectivity index (χ4n) is 2.62. The van der Waals surface area contributed by atoms with Crippen LogP contribution in [-0.4, -0.2) is 43.6 Å². The first-order valence-corrected chi connectivity index (χ1v) is 8.27. The lowest BCUT2D eigenvalue weighted by atomic mass is 10.2. The molecular formula is C17H28FIN4. The van der Waals surface area contributed by atoms with Crippen LogP contribution in [0.1, 0.15) is 31.7 Å². The van der Waals surface area contributed by atoms with E-state index in [1.54, 1.807) is 12.1 Å². The second kappa shape index (κ2) is 11.6. The first kappa shape index (κ1) is 20.2. The van der Waals surface area contributed by atoms with Gasteiger partial charge in [-0.15, -0.1) is 24.0 Å². The molecule has 23 heavy (non-hydrogen) atoms. The number of aliphatic imine (C=N–C) groups is 1. The van der Waals surface area contributed by atoms with Crippen LogP contribution in [0.2, 0.25) is 0 Å². The predicted octanol–water partition coefficient (Wildman–Crippen LogP) is 2.98. The molecule has 0 unspecified atom stereocenters. The van der Waals surface area contributed by atoms with Crippen molar-refractivity contribution in [3.05, 3.63) is 35.6 Å². The largest absolute Gasteiger partial charge is 0.357 e. The SMILES string of the molecule is CCNC(=NCc1ccc(F)cc1)NCCCN1CCCC1.I. The zero-order valence-corrected chi connectivity index (χ0v) is 16.2. The van der Waals surface area contributed by atoms with Crippen molar-refractivity contribution in [2.24, 2.45) is 4.99 Å². The molecule has 1 aliphatic heterocycles. The van der Waals surface area contributed by atoms with Crippen LogP contribution < -0.4 is 10.6 Å². The van der Waals surface area contributed by atoms with Gasteiger partial charge in [-0.1, -0.05) is 12.1 Å². The van der Waals surface area contributed by atoms with E-state index in [9.17, 15) is 4.39 Å². The molecule has 2 N–H and O–H groups in total. The molecule has 2 rings (SSSR count). The molecule has 0 saturated carbocycles. The molecule has 130 valence electrons. The zero-order chi connectivity index (χ0) is 15.6. The third-order valence-corrected chi connectivity index (χ3v) is 3.82. The van der Waals surface area contributed by atoms with E-state index in [2.05, 4.69) is 27.4 Å². The van der Waals surface area contributed by atoms with E-state index in [0.29, 0.717) is 6.54 Å². The summed E-state index contributed by atoms with van der Waals surface area (Å²) in [5.41, 5.74) is 1.01. The molecule has 1 aromatic rings. The monoisotopic (exact) mass is 434 g/mol. The van der Waals surface area contributed by atoms with Crippen molar-refractivity contribution in [3.8, 4) is 0 Å². The smallest absolute Gasteiger partial charge is 0.191 e. The predicted molar refractivity (Wildman–Crippen MR) is 105 cm³/mol. The first-order chi connectivity index (χ1) is 10.8. The third-order valence-electron chi connectivity index (χ3n) is 3.82. The summed E-state index contributed by atoms with van der Waals surface area (Å²) in [7, 11) is 0. The molecule has 1 heterocycles. The van der Waals surface area contributed by atoms with Crippen molar-refractivity contribution in [1.29, 1.82) is 0 Å². The average molecular weight is 434 g/mol. The molecule has 0 aromatic heterocycles. The van der Waals surface area contributed by atoms with Crippen LogP contribution in [0.3, 0.4) is 0 Å². The molecule has 4 nitrogen and oxygen atoms in total. The molecule has 0 amide bonds. The normalized spacial score (nSPS) is 15.3. The lowest BCUT2D eigenvalue weighted by Crippen LogP contribution is -2.38. The molecule has 1 aliphatic rings. The molecule has 0 atom stereocenters. The fourth-order valence-corrected chi connectivity index (χ4v) is 2.62. The van der Waals surface area contributed by atoms with E-state index in [1.165, 1.54) is 38.1 Å². The first-order valence-electron chi connectivity index (χ1n) is 8.27. The highest BCUT2D eigenvalue weighted by Gasteiger charge is 2.10. The van der Waals surface area contributed by atoms with Crippen molar-refractivity contribution < 1.29 is 4.39 Å². The van der Waals surface area contributed by atoms with Crippen LogP contribution in [0.25, 0.3) is 0 Å². The van der Waals surface area contributed by atoms with Crippen molar-refractivity contribution in [1.82, 2.24) is 15.5 Å². The molecule has 0 spiro atoms. The summed E-state index contributed by atoms with van der Waals surface area (Å²) >= 11 is 0. The Balaban J connectivity index is 0.00000264. The van der Waals surface area contributed by atoms with Crippen molar-refractivity contribution in [2.75, 3.05) is 32.7 Å². The molecule has 1 saturated heterocycles. The number of nitrogens with zero attached hydrogens (tertiary/aromatic N) is 2. The highest BCUT2D eigenvalue weighted by molar-refractivity contribution is 14.0. The van der Waals surface area contributed by atoms with Crippen LogP contribution >= 0.6 is 24.0 Å². The summed E-state index contributed by atoms with van der Waals surface area (Å²) in [4.78, 5) is 7.06. The number of benzene rings is 1. The molecule has 0 bridgehead atoms. The molecule has 1 fully saturated rings. The number of rotatable bonds is 7. The summed E-state index contributed by atoms with van der Waals surface area (Å²) in [5.74, 6) is 0.618. The van der Waals surface area contributed by atoms with Gasteiger partial charge in [-0.2, -0.15) is 0 Å². The lowest BCUT2D eigenvalue weighted by Gasteiger charge is -2.15. The summed E-state index contributed by atoms with van der Waals surface area (Å²) in [6.07, 6.45) is 3.81. The minimum Gasteiger partial charge on any atom is -0.357 e. The highest BCUT2D eigenvalue weighted by Crippen LogP contribution is 2.07. The van der Waals surface area contributed by atoms with Crippen LogP contribution in [0.5, 0.6) is 0 Å². The van der Waals surface area contributed by atoms with Crippen molar-refractivity contribution >= 4 is 29.9 Å². The van der Waals surface area contributed by atoms with E-state index >= 15 is 0 Å². The quantitative estimate of drug-likeness (QED) is 0.300. The van der Waals surface area contributed by atoms with E-state index in [4.69, 9.17) is 0 Å². The lowest BCUT2D eigenvalue weighted by molar-refractivity contribution is 0.334. The Kier molecular flexibility index (Phi) is 10.2. The number of hydrogen-bond acceptors (Lipinski definition) is 2. The number of nitrogens with one attached hydrogen (secondary N) is 2. The van der Waals surface area contributed by atoms with Gasteiger partial charge in [-0.05, 0) is 63.5 Å². The maximum Gasteiger partial charge on any atom is 0.191 e. The van der Waals surface area contributed by atoms with Gasteiger partial charge in [0.1, 0.15) is 5.82 Å². The maximum atomic E-state index is 12.9. The van der Waals surface area contributed by atoms with Gasteiger partial charge >= 0.3 is 0 Å². The zero-order valence-electron chi connectivity index (χ0n) is 13.9. The Morgan fingerprint density at radius 1 is 1.17 bits per heavy atom. The number of guanidine groups is 1. The molecule has 1 aromatic carbocycles. The highest BCUT2D eigenvalue weighted by atomic mass is 127. The second-order valence-electron chi connectivity index (χ2n) is 5.65. The topological polar surface area (TPSA) is 39.7 Å². The van der Waals surface area contributed by atoms with Gasteiger partial charge < -0.3 is 15.5 Å². The summed E-state index contributed by atoms with van der Waals surface area (Å²) < 4.78 is 12.9. The Bertz CT molecular complexity index is 458. The van der Waals surface area contributed by atoms with E-state index in [-0.39, 0.29) is 29.8 Å². The van der Waals surface area contributed by atoms with Gasteiger partial charge in [0, 0.05) is 13.1 Å². The Morgan fingerprint density at radius 2 is 1.87 bits per heavy atom. The van der Waals surface area contributed by atoms with Gasteiger partial charge in [-0.3, -0.25) is 0 Å². The molecule has 6 heteroatoms. The van der Waals surface area contributed by atoms with Gasteiger partial charge in [0.15, 0.2) is 5.96 Å². The minimum atomic E-state index is -0.209. The number of hydrogen-bond donors (Lipinski definition) is 2. The van der Waals surface area contributed by atoms with Crippen LogP contribution in [0, 0.1) is 5.82 Å². The third kappa shape index (κ3) is 7.97. The molecule has 0 radical (unpaired) electrons. The minimum absolute atomic E-state index is 0. The fraction of sp³-hybridized carbons (Fsp3) is 0.588. The maximum absolute atomic E-state index is 12.9. The summed E-state index contributed by atoms with van der Waals surface area (Å²) in [6.45, 7) is 8.02. The summed E-state index contributed by atoms with van der Waals surface area (Å²) in [5, 5.41) is 6.61. The van der Waals surface area contributed by atoms with E-state index in [1.807, 2.05) is 0 Å². The van der Waals surface area contributed by atoms with Gasteiger partial charge in [0.2, 0.25) is 0 Å². The number of halogens is 2. The molecule has 0 aliphatic carbocycles. The molecular weight excluding hydrogens is 406 g/mol. The van der Waals surface area contributed by atoms with E-state index < -0.39 is 0 Å². The Labute approximate surface area is 156 Å². The van der Waals surface area contributed by atoms with Crippen LogP contribution in [0.15, 0.2) is 29.3 Å². The van der Waals surface area contributed by atoms with Crippen LogP contribution in [0.4, 0.5) is 4.39 Å². The van der Waals surface area contributed by atoms with Crippen molar-refractivity contribution in [2.45, 2.75) is 32.7 Å². The van der Waals surface area contributed by atoms with Gasteiger partial charge in [0.25, 0.3) is 0 Å². The Morgan fingerprint density at radius 3 is 2.52 bits per heavy atom. The second-order valence-corrected chi connectivity index (χ2v) is 5.65. The van der Waals surface area contributed by atoms with Crippen LogP contribution in [-0.2, 0) is 6.54 Å². The van der Waals surface area contributed by atoms with Gasteiger partial charge in [-0.25, -0.2) is 9.38 Å². The number of likely N-dealkylation sites (tertiary alicyclic amines) is 1.